The first-order valence-electron chi connectivity index (χ1n) is 8.17. The molecule has 0 amide bonds. The molecule has 2 heterocycles. The number of aromatic amines is 1. The maximum atomic E-state index is 12.3. The molecule has 0 spiro atoms. The molecule has 0 aliphatic carbocycles. The third-order valence-corrected chi connectivity index (χ3v) is 5.33. The highest BCUT2D eigenvalue weighted by Gasteiger charge is 2.31. The third kappa shape index (κ3) is 2.41. The molecular weight excluding hydrogens is 274 g/mol. The number of aromatic nitrogens is 2. The second-order valence-corrected chi connectivity index (χ2v) is 6.45. The molecule has 1 unspecified atom stereocenters. The molecule has 1 saturated heterocycles. The predicted octanol–water partition coefficient (Wildman–Crippen LogP) is 3.32. The summed E-state index contributed by atoms with van der Waals surface area (Å²) in [6.45, 7) is 10.5. The van der Waals surface area contributed by atoms with Crippen molar-refractivity contribution in [3.63, 3.8) is 0 Å². The first kappa shape index (κ1) is 15.1. The molecule has 1 fully saturated rings. The SMILES string of the molecule is C=CC(C)(CC)N1CCC(n2c(=O)[nH]c3ccccc32)CC1. The van der Waals surface area contributed by atoms with Crippen LogP contribution in [0.4, 0.5) is 0 Å². The third-order valence-electron chi connectivity index (χ3n) is 5.33. The number of H-pyrrole nitrogens is 1. The van der Waals surface area contributed by atoms with E-state index in [0.29, 0.717) is 0 Å². The summed E-state index contributed by atoms with van der Waals surface area (Å²) in [5.41, 5.74) is 2.03. The summed E-state index contributed by atoms with van der Waals surface area (Å²) in [4.78, 5) is 17.8. The molecule has 1 aliphatic rings. The Morgan fingerprint density at radius 3 is 2.68 bits per heavy atom. The van der Waals surface area contributed by atoms with Crippen LogP contribution in [0.15, 0.2) is 41.7 Å². The number of hydrogen-bond acceptors (Lipinski definition) is 2. The quantitative estimate of drug-likeness (QED) is 0.880. The Hall–Kier alpha value is -1.81. The zero-order valence-electron chi connectivity index (χ0n) is 13.5. The number of hydrogen-bond donors (Lipinski definition) is 1. The van der Waals surface area contributed by atoms with Gasteiger partial charge in [-0.05, 0) is 38.3 Å². The predicted molar refractivity (Wildman–Crippen MR) is 91.3 cm³/mol. The minimum atomic E-state index is 0.0154. The van der Waals surface area contributed by atoms with Gasteiger partial charge in [-0.2, -0.15) is 0 Å². The van der Waals surface area contributed by atoms with Crippen molar-refractivity contribution in [2.75, 3.05) is 13.1 Å². The van der Waals surface area contributed by atoms with Gasteiger partial charge in [0.25, 0.3) is 0 Å². The average Bonchev–Trinajstić information content (AvgIpc) is 2.90. The lowest BCUT2D eigenvalue weighted by Crippen LogP contribution is -2.49. The minimum Gasteiger partial charge on any atom is -0.306 e. The van der Waals surface area contributed by atoms with E-state index in [1.807, 2.05) is 28.8 Å². The zero-order valence-corrected chi connectivity index (χ0v) is 13.5. The summed E-state index contributed by atoms with van der Waals surface area (Å²) >= 11 is 0. The molecule has 0 saturated carbocycles. The van der Waals surface area contributed by atoms with E-state index in [2.05, 4.69) is 36.4 Å². The first-order chi connectivity index (χ1) is 10.6. The summed E-state index contributed by atoms with van der Waals surface area (Å²) in [6, 6.07) is 8.23. The lowest BCUT2D eigenvalue weighted by Gasteiger charge is -2.43. The second-order valence-electron chi connectivity index (χ2n) is 6.45. The number of imidazole rings is 1. The van der Waals surface area contributed by atoms with E-state index in [0.717, 1.165) is 43.4 Å². The van der Waals surface area contributed by atoms with E-state index in [-0.39, 0.29) is 17.3 Å². The monoisotopic (exact) mass is 299 g/mol. The number of piperidine rings is 1. The standard InChI is InChI=1S/C18H25N3O/c1-4-18(3,5-2)20-12-10-14(11-13-20)21-16-9-7-6-8-15(16)19-17(21)22/h4,6-9,14H,1,5,10-13H2,2-3H3,(H,19,22). The number of fused-ring (bicyclic) bond motifs is 1. The molecule has 1 N–H and O–H groups in total. The number of para-hydroxylation sites is 2. The lowest BCUT2D eigenvalue weighted by atomic mass is 9.92. The molecule has 1 aromatic carbocycles. The van der Waals surface area contributed by atoms with Crippen LogP contribution in [0.3, 0.4) is 0 Å². The molecule has 0 radical (unpaired) electrons. The molecular formula is C18H25N3O. The van der Waals surface area contributed by atoms with Crippen LogP contribution in [-0.2, 0) is 0 Å². The van der Waals surface area contributed by atoms with Gasteiger partial charge in [0.1, 0.15) is 0 Å². The Kier molecular flexibility index (Phi) is 3.96. The average molecular weight is 299 g/mol. The molecule has 4 nitrogen and oxygen atoms in total. The maximum absolute atomic E-state index is 12.3. The Balaban J connectivity index is 1.83. The van der Waals surface area contributed by atoms with Crippen molar-refractivity contribution in [2.45, 2.75) is 44.7 Å². The Bertz CT molecular complexity index is 721. The van der Waals surface area contributed by atoms with Gasteiger partial charge in [0.2, 0.25) is 0 Å². The van der Waals surface area contributed by atoms with Gasteiger partial charge in [0.15, 0.2) is 0 Å². The highest BCUT2D eigenvalue weighted by atomic mass is 16.1. The number of rotatable bonds is 4. The van der Waals surface area contributed by atoms with Gasteiger partial charge in [-0.3, -0.25) is 9.47 Å². The fourth-order valence-electron chi connectivity index (χ4n) is 3.57. The van der Waals surface area contributed by atoms with E-state index in [1.54, 1.807) is 0 Å². The summed E-state index contributed by atoms with van der Waals surface area (Å²) in [6.07, 6.45) is 5.13. The largest absolute Gasteiger partial charge is 0.326 e. The van der Waals surface area contributed by atoms with E-state index >= 15 is 0 Å². The fraction of sp³-hybridized carbons (Fsp3) is 0.500. The van der Waals surface area contributed by atoms with E-state index in [9.17, 15) is 4.79 Å². The van der Waals surface area contributed by atoms with Gasteiger partial charge in [-0.1, -0.05) is 25.1 Å². The summed E-state index contributed by atoms with van der Waals surface area (Å²) in [5, 5.41) is 0. The lowest BCUT2D eigenvalue weighted by molar-refractivity contribution is 0.0941. The van der Waals surface area contributed by atoms with E-state index in [1.165, 1.54) is 0 Å². The number of nitrogens with zero attached hydrogens (tertiary/aromatic N) is 2. The summed E-state index contributed by atoms with van der Waals surface area (Å²) < 4.78 is 1.95. The van der Waals surface area contributed by atoms with Gasteiger partial charge in [-0.15, -0.1) is 6.58 Å². The Morgan fingerprint density at radius 2 is 2.05 bits per heavy atom. The Morgan fingerprint density at radius 1 is 1.36 bits per heavy atom. The summed E-state index contributed by atoms with van der Waals surface area (Å²) in [7, 11) is 0. The van der Waals surface area contributed by atoms with Crippen molar-refractivity contribution in [3.05, 3.63) is 47.4 Å². The Labute approximate surface area is 131 Å². The van der Waals surface area contributed by atoms with Crippen LogP contribution in [0.2, 0.25) is 0 Å². The van der Waals surface area contributed by atoms with Crippen molar-refractivity contribution >= 4 is 11.0 Å². The van der Waals surface area contributed by atoms with Crippen LogP contribution in [0, 0.1) is 0 Å². The van der Waals surface area contributed by atoms with Crippen LogP contribution >= 0.6 is 0 Å². The zero-order chi connectivity index (χ0) is 15.7. The van der Waals surface area contributed by atoms with E-state index < -0.39 is 0 Å². The first-order valence-corrected chi connectivity index (χ1v) is 8.17. The number of benzene rings is 1. The van der Waals surface area contributed by atoms with Crippen molar-refractivity contribution in [3.8, 4) is 0 Å². The molecule has 118 valence electrons. The molecule has 0 bridgehead atoms. The van der Waals surface area contributed by atoms with Crippen LogP contribution in [-0.4, -0.2) is 33.1 Å². The molecule has 22 heavy (non-hydrogen) atoms. The minimum absolute atomic E-state index is 0.0154. The topological polar surface area (TPSA) is 41.0 Å². The molecule has 3 rings (SSSR count). The molecule has 1 aromatic heterocycles. The van der Waals surface area contributed by atoms with Crippen LogP contribution < -0.4 is 5.69 Å². The van der Waals surface area contributed by atoms with Gasteiger partial charge >= 0.3 is 5.69 Å². The highest BCUT2D eigenvalue weighted by Crippen LogP contribution is 2.30. The number of nitrogens with one attached hydrogen (secondary N) is 1. The molecule has 1 atom stereocenters. The number of likely N-dealkylation sites (tertiary alicyclic amines) is 1. The smallest absolute Gasteiger partial charge is 0.306 e. The van der Waals surface area contributed by atoms with Gasteiger partial charge in [0.05, 0.1) is 11.0 Å². The van der Waals surface area contributed by atoms with Crippen LogP contribution in [0.5, 0.6) is 0 Å². The second kappa shape index (κ2) is 5.76. The van der Waals surface area contributed by atoms with Crippen molar-refractivity contribution < 1.29 is 0 Å². The van der Waals surface area contributed by atoms with Gasteiger partial charge < -0.3 is 4.98 Å². The summed E-state index contributed by atoms with van der Waals surface area (Å²) in [5.74, 6) is 0. The van der Waals surface area contributed by atoms with Crippen LogP contribution in [0.1, 0.15) is 39.2 Å². The highest BCUT2D eigenvalue weighted by molar-refractivity contribution is 5.75. The van der Waals surface area contributed by atoms with Crippen molar-refractivity contribution in [1.82, 2.24) is 14.5 Å². The van der Waals surface area contributed by atoms with Crippen LogP contribution in [0.25, 0.3) is 11.0 Å². The normalized spacial score (nSPS) is 20.1. The fourth-order valence-corrected chi connectivity index (χ4v) is 3.57. The van der Waals surface area contributed by atoms with E-state index in [4.69, 9.17) is 0 Å². The van der Waals surface area contributed by atoms with Crippen molar-refractivity contribution in [1.29, 1.82) is 0 Å². The maximum Gasteiger partial charge on any atom is 0.326 e. The molecule has 2 aromatic rings. The van der Waals surface area contributed by atoms with Gasteiger partial charge in [0, 0.05) is 24.7 Å². The molecule has 4 heteroatoms. The van der Waals surface area contributed by atoms with Crippen molar-refractivity contribution in [2.24, 2.45) is 0 Å². The molecule has 1 aliphatic heterocycles. The van der Waals surface area contributed by atoms with Gasteiger partial charge in [-0.25, -0.2) is 4.79 Å².